The molecule has 0 aliphatic rings. The van der Waals surface area contributed by atoms with Gasteiger partial charge >= 0.3 is 0 Å². The van der Waals surface area contributed by atoms with Crippen molar-refractivity contribution >= 4 is 23.5 Å². The Bertz CT molecular complexity index is 193. The summed E-state index contributed by atoms with van der Waals surface area (Å²) < 4.78 is 0. The minimum absolute atomic E-state index is 0.229. The van der Waals surface area contributed by atoms with E-state index in [2.05, 4.69) is 29.7 Å². The number of nitrogens with two attached hydrogens (primary N) is 1. The molecule has 0 fully saturated rings. The number of hydrazone groups is 1. The summed E-state index contributed by atoms with van der Waals surface area (Å²) in [6.45, 7) is 2.25. The van der Waals surface area contributed by atoms with Gasteiger partial charge in [0, 0.05) is 6.21 Å². The number of hydrogen-bond acceptors (Lipinski definition) is 2. The molecule has 0 saturated carbocycles. The van der Waals surface area contributed by atoms with Crippen molar-refractivity contribution in [3.63, 3.8) is 0 Å². The lowest BCUT2D eigenvalue weighted by molar-refractivity contribution is 0.580. The zero-order valence-electron chi connectivity index (χ0n) is 10.4. The van der Waals surface area contributed by atoms with E-state index in [0.29, 0.717) is 0 Å². The Hall–Kier alpha value is -0.640. The van der Waals surface area contributed by atoms with E-state index >= 15 is 0 Å². The molecule has 0 atom stereocenters. The van der Waals surface area contributed by atoms with E-state index in [1.165, 1.54) is 51.4 Å². The van der Waals surface area contributed by atoms with E-state index in [-0.39, 0.29) is 5.11 Å². The monoisotopic (exact) mass is 243 g/mol. The summed E-state index contributed by atoms with van der Waals surface area (Å²) >= 11 is 4.62. The number of unbranched alkanes of at least 4 members (excludes halogenated alkanes) is 8. The lowest BCUT2D eigenvalue weighted by atomic mass is 10.1. The van der Waals surface area contributed by atoms with Gasteiger partial charge in [0.25, 0.3) is 0 Å². The summed E-state index contributed by atoms with van der Waals surface area (Å²) in [6.07, 6.45) is 13.6. The predicted molar refractivity (Wildman–Crippen MR) is 75.6 cm³/mol. The highest BCUT2D eigenvalue weighted by atomic mass is 32.1. The molecule has 0 spiro atoms. The SMILES string of the molecule is CCCCCCCCCC/C=N/NC(N)=S. The molecule has 3 nitrogen and oxygen atoms in total. The average Bonchev–Trinajstić information content (AvgIpc) is 2.25. The highest BCUT2D eigenvalue weighted by Gasteiger charge is 1.90. The Kier molecular flexibility index (Phi) is 11.9. The quantitative estimate of drug-likeness (QED) is 0.268. The molecular weight excluding hydrogens is 218 g/mol. The van der Waals surface area contributed by atoms with Crippen LogP contribution in [-0.4, -0.2) is 11.3 Å². The van der Waals surface area contributed by atoms with E-state index in [0.717, 1.165) is 6.42 Å². The minimum Gasteiger partial charge on any atom is -0.375 e. The van der Waals surface area contributed by atoms with Gasteiger partial charge in [0.15, 0.2) is 5.11 Å². The molecule has 0 unspecified atom stereocenters. The van der Waals surface area contributed by atoms with Crippen LogP contribution >= 0.6 is 12.2 Å². The second-order valence-electron chi connectivity index (χ2n) is 4.05. The van der Waals surface area contributed by atoms with Crippen molar-refractivity contribution in [1.82, 2.24) is 5.43 Å². The molecule has 0 rings (SSSR count). The van der Waals surface area contributed by atoms with Crippen molar-refractivity contribution in [3.05, 3.63) is 0 Å². The summed E-state index contributed by atoms with van der Waals surface area (Å²) in [5, 5.41) is 4.12. The number of rotatable bonds is 10. The Labute approximate surface area is 105 Å². The highest BCUT2D eigenvalue weighted by Crippen LogP contribution is 2.08. The second kappa shape index (κ2) is 12.4. The molecule has 16 heavy (non-hydrogen) atoms. The van der Waals surface area contributed by atoms with Crippen molar-refractivity contribution in [2.45, 2.75) is 64.7 Å². The maximum absolute atomic E-state index is 5.22. The van der Waals surface area contributed by atoms with Gasteiger partial charge in [-0.2, -0.15) is 5.10 Å². The Morgan fingerprint density at radius 1 is 1.12 bits per heavy atom. The van der Waals surface area contributed by atoms with Gasteiger partial charge in [-0.05, 0) is 25.1 Å². The van der Waals surface area contributed by atoms with Gasteiger partial charge in [-0.1, -0.05) is 51.9 Å². The predicted octanol–water partition coefficient (Wildman–Crippen LogP) is 3.34. The molecule has 0 aromatic carbocycles. The van der Waals surface area contributed by atoms with Crippen LogP contribution in [-0.2, 0) is 0 Å². The van der Waals surface area contributed by atoms with Crippen LogP contribution < -0.4 is 11.2 Å². The van der Waals surface area contributed by atoms with Crippen LogP contribution in [0, 0.1) is 0 Å². The van der Waals surface area contributed by atoms with Crippen LogP contribution in [0.3, 0.4) is 0 Å². The van der Waals surface area contributed by atoms with E-state index in [4.69, 9.17) is 5.73 Å². The first-order chi connectivity index (χ1) is 7.77. The Morgan fingerprint density at radius 2 is 1.69 bits per heavy atom. The fraction of sp³-hybridized carbons (Fsp3) is 0.833. The highest BCUT2D eigenvalue weighted by molar-refractivity contribution is 7.80. The molecule has 0 saturated heterocycles. The van der Waals surface area contributed by atoms with E-state index in [1.54, 1.807) is 0 Å². The number of thiocarbonyl (C=S) groups is 1. The molecule has 4 heteroatoms. The molecule has 94 valence electrons. The van der Waals surface area contributed by atoms with Gasteiger partial charge in [-0.15, -0.1) is 0 Å². The van der Waals surface area contributed by atoms with Gasteiger partial charge in [-0.3, -0.25) is 5.43 Å². The maximum atomic E-state index is 5.22. The van der Waals surface area contributed by atoms with Crippen LogP contribution in [0.4, 0.5) is 0 Å². The largest absolute Gasteiger partial charge is 0.375 e. The van der Waals surface area contributed by atoms with E-state index < -0.39 is 0 Å². The third-order valence-electron chi connectivity index (χ3n) is 2.45. The third kappa shape index (κ3) is 13.4. The van der Waals surface area contributed by atoms with Crippen LogP contribution in [0.25, 0.3) is 0 Å². The molecule has 0 aromatic heterocycles. The van der Waals surface area contributed by atoms with Crippen LogP contribution in [0.15, 0.2) is 5.10 Å². The zero-order chi connectivity index (χ0) is 12.1. The van der Waals surface area contributed by atoms with Gasteiger partial charge < -0.3 is 5.73 Å². The first kappa shape index (κ1) is 15.4. The molecule has 3 N–H and O–H groups in total. The van der Waals surface area contributed by atoms with Crippen molar-refractivity contribution in [3.8, 4) is 0 Å². The molecule has 0 amide bonds. The van der Waals surface area contributed by atoms with Crippen molar-refractivity contribution in [2.24, 2.45) is 10.8 Å². The van der Waals surface area contributed by atoms with Gasteiger partial charge in [0.2, 0.25) is 0 Å². The lowest BCUT2D eigenvalue weighted by Crippen LogP contribution is -2.23. The fourth-order valence-electron chi connectivity index (χ4n) is 1.54. The fourth-order valence-corrected chi connectivity index (χ4v) is 1.60. The standard InChI is InChI=1S/C12H25N3S/c1-2-3-4-5-6-7-8-9-10-11-14-15-12(13)16/h11H,2-10H2,1H3,(H3,13,15,16)/b14-11+. The summed E-state index contributed by atoms with van der Waals surface area (Å²) in [5.41, 5.74) is 7.77. The summed E-state index contributed by atoms with van der Waals surface area (Å²) in [4.78, 5) is 0. The van der Waals surface area contributed by atoms with Gasteiger partial charge in [0.05, 0.1) is 0 Å². The van der Waals surface area contributed by atoms with Crippen LogP contribution in [0.5, 0.6) is 0 Å². The summed E-state index contributed by atoms with van der Waals surface area (Å²) in [7, 11) is 0. The number of hydrogen-bond donors (Lipinski definition) is 2. The molecule has 0 aliphatic heterocycles. The van der Waals surface area contributed by atoms with E-state index in [1.807, 2.05) is 6.21 Å². The number of nitrogens with zero attached hydrogens (tertiary/aromatic N) is 1. The molecule has 0 radical (unpaired) electrons. The van der Waals surface area contributed by atoms with Crippen molar-refractivity contribution < 1.29 is 0 Å². The molecular formula is C12H25N3S. The molecule has 0 aliphatic carbocycles. The van der Waals surface area contributed by atoms with Gasteiger partial charge in [-0.25, -0.2) is 0 Å². The third-order valence-corrected chi connectivity index (χ3v) is 2.54. The Morgan fingerprint density at radius 3 is 2.25 bits per heavy atom. The molecule has 0 aromatic rings. The first-order valence-electron chi connectivity index (χ1n) is 6.34. The van der Waals surface area contributed by atoms with Gasteiger partial charge in [0.1, 0.15) is 0 Å². The number of nitrogens with one attached hydrogen (secondary N) is 1. The van der Waals surface area contributed by atoms with Crippen molar-refractivity contribution in [1.29, 1.82) is 0 Å². The van der Waals surface area contributed by atoms with Crippen molar-refractivity contribution in [2.75, 3.05) is 0 Å². The lowest BCUT2D eigenvalue weighted by Gasteiger charge is -1.99. The molecule has 0 heterocycles. The zero-order valence-corrected chi connectivity index (χ0v) is 11.2. The topological polar surface area (TPSA) is 50.4 Å². The smallest absolute Gasteiger partial charge is 0.184 e. The Balaban J connectivity index is 3.03. The second-order valence-corrected chi connectivity index (χ2v) is 4.49. The minimum atomic E-state index is 0.229. The van der Waals surface area contributed by atoms with E-state index in [9.17, 15) is 0 Å². The maximum Gasteiger partial charge on any atom is 0.184 e. The average molecular weight is 243 g/mol. The van der Waals surface area contributed by atoms with Crippen LogP contribution in [0.1, 0.15) is 64.7 Å². The molecule has 0 bridgehead atoms. The normalized spacial score (nSPS) is 10.8. The first-order valence-corrected chi connectivity index (χ1v) is 6.75. The summed E-state index contributed by atoms with van der Waals surface area (Å²) in [5.74, 6) is 0. The summed E-state index contributed by atoms with van der Waals surface area (Å²) in [6, 6.07) is 0. The van der Waals surface area contributed by atoms with Crippen LogP contribution in [0.2, 0.25) is 0 Å².